The third-order valence-electron chi connectivity index (χ3n) is 5.04. The second kappa shape index (κ2) is 11.2. The molecule has 1 N–H and O–H groups in total. The predicted octanol–water partition coefficient (Wildman–Crippen LogP) is 2.42. The van der Waals surface area contributed by atoms with Gasteiger partial charge in [-0.3, -0.25) is 19.2 Å². The smallest absolute Gasteiger partial charge is 0.316 e. The Labute approximate surface area is 183 Å². The quantitative estimate of drug-likeness (QED) is 0.574. The second-order valence-corrected chi connectivity index (χ2v) is 8.58. The largest absolute Gasteiger partial charge is 0.468 e. The number of hydrogen-bond donors (Lipinski definition) is 1. The van der Waals surface area contributed by atoms with Gasteiger partial charge in [-0.15, -0.1) is 0 Å². The first-order chi connectivity index (χ1) is 14.6. The molecule has 0 spiro atoms. The molecule has 1 aromatic carbocycles. The van der Waals surface area contributed by atoms with Gasteiger partial charge in [-0.05, 0) is 18.4 Å². The van der Waals surface area contributed by atoms with Crippen LogP contribution in [0.2, 0.25) is 0 Å². The number of carbonyl (C=O) groups excluding carboxylic acids is 4. The van der Waals surface area contributed by atoms with Gasteiger partial charge in [0.15, 0.2) is 11.6 Å². The minimum absolute atomic E-state index is 0.0371. The van der Waals surface area contributed by atoms with Crippen LogP contribution in [0.3, 0.4) is 0 Å². The van der Waals surface area contributed by atoms with Crippen LogP contribution in [-0.4, -0.2) is 52.7 Å². The molecule has 1 aliphatic rings. The fourth-order valence-corrected chi connectivity index (χ4v) is 4.19. The van der Waals surface area contributed by atoms with Gasteiger partial charge in [0.2, 0.25) is 16.9 Å². The summed E-state index contributed by atoms with van der Waals surface area (Å²) in [6.07, 6.45) is 0.539. The van der Waals surface area contributed by atoms with Crippen molar-refractivity contribution in [3.63, 3.8) is 0 Å². The zero-order valence-electron chi connectivity index (χ0n) is 17.7. The lowest BCUT2D eigenvalue weighted by Crippen LogP contribution is -2.45. The molecule has 1 unspecified atom stereocenters. The highest BCUT2D eigenvalue weighted by atomic mass is 32.2. The molecule has 10 heteroatoms. The summed E-state index contributed by atoms with van der Waals surface area (Å²) in [7, 11) is 1.22. The summed E-state index contributed by atoms with van der Waals surface area (Å²) >= 11 is 0.766. The number of ether oxygens (including phenoxy) is 1. The van der Waals surface area contributed by atoms with Crippen LogP contribution in [0.15, 0.2) is 18.2 Å². The lowest BCUT2D eigenvalue weighted by Gasteiger charge is -2.26. The molecule has 1 aliphatic heterocycles. The maximum atomic E-state index is 14.0. The SMILES string of the molecule is COC(=O)CSC(=O)C(NC(=O)C[C@@H]1CCC(=O)N1Cc1cccc(F)c1F)C(C)C. The first-order valence-corrected chi connectivity index (χ1v) is 10.9. The predicted molar refractivity (Wildman–Crippen MR) is 111 cm³/mol. The molecule has 0 saturated carbocycles. The van der Waals surface area contributed by atoms with Crippen LogP contribution < -0.4 is 5.32 Å². The molecule has 0 aliphatic carbocycles. The van der Waals surface area contributed by atoms with Gasteiger partial charge >= 0.3 is 5.97 Å². The zero-order valence-corrected chi connectivity index (χ0v) is 18.5. The van der Waals surface area contributed by atoms with E-state index >= 15 is 0 Å². The van der Waals surface area contributed by atoms with Crippen molar-refractivity contribution < 1.29 is 32.7 Å². The molecule has 31 heavy (non-hydrogen) atoms. The highest BCUT2D eigenvalue weighted by Gasteiger charge is 2.34. The van der Waals surface area contributed by atoms with Crippen molar-refractivity contribution in [3.05, 3.63) is 35.4 Å². The number of amides is 2. The zero-order chi connectivity index (χ0) is 23.1. The third-order valence-corrected chi connectivity index (χ3v) is 5.96. The second-order valence-electron chi connectivity index (χ2n) is 7.60. The first kappa shape index (κ1) is 24.8. The summed E-state index contributed by atoms with van der Waals surface area (Å²) in [5.74, 6) is -3.61. The van der Waals surface area contributed by atoms with Gasteiger partial charge in [-0.2, -0.15) is 0 Å². The monoisotopic (exact) mass is 456 g/mol. The van der Waals surface area contributed by atoms with E-state index < -0.39 is 35.6 Å². The van der Waals surface area contributed by atoms with Gasteiger partial charge in [-0.1, -0.05) is 37.7 Å². The normalized spacial score (nSPS) is 17.0. The highest BCUT2D eigenvalue weighted by molar-refractivity contribution is 8.14. The van der Waals surface area contributed by atoms with E-state index in [0.717, 1.165) is 17.8 Å². The van der Waals surface area contributed by atoms with Crippen LogP contribution in [0.1, 0.15) is 38.7 Å². The minimum Gasteiger partial charge on any atom is -0.468 e. The molecule has 0 bridgehead atoms. The fraction of sp³-hybridized carbons (Fsp3) is 0.524. The molecular formula is C21H26F2N2O5S. The Morgan fingerprint density at radius 2 is 2.00 bits per heavy atom. The van der Waals surface area contributed by atoms with E-state index in [1.54, 1.807) is 13.8 Å². The molecular weight excluding hydrogens is 430 g/mol. The van der Waals surface area contributed by atoms with Crippen molar-refractivity contribution in [2.45, 2.75) is 51.7 Å². The Morgan fingerprint density at radius 3 is 2.65 bits per heavy atom. The maximum Gasteiger partial charge on any atom is 0.316 e. The number of methoxy groups -OCH3 is 1. The first-order valence-electron chi connectivity index (χ1n) is 9.89. The number of halogens is 2. The molecule has 0 radical (unpaired) electrons. The Bertz CT molecular complexity index is 849. The number of thioether (sulfide) groups is 1. The van der Waals surface area contributed by atoms with E-state index in [1.165, 1.54) is 24.1 Å². The summed E-state index contributed by atoms with van der Waals surface area (Å²) < 4.78 is 32.0. The summed E-state index contributed by atoms with van der Waals surface area (Å²) in [5.41, 5.74) is 0.0371. The van der Waals surface area contributed by atoms with Crippen LogP contribution in [0.5, 0.6) is 0 Å². The van der Waals surface area contributed by atoms with Crippen LogP contribution >= 0.6 is 11.8 Å². The van der Waals surface area contributed by atoms with Crippen LogP contribution in [0, 0.1) is 17.6 Å². The van der Waals surface area contributed by atoms with Gasteiger partial charge in [0, 0.05) is 31.0 Å². The summed E-state index contributed by atoms with van der Waals surface area (Å²) in [6, 6.07) is 2.46. The summed E-state index contributed by atoms with van der Waals surface area (Å²) in [4.78, 5) is 49.9. The van der Waals surface area contributed by atoms with Crippen molar-refractivity contribution in [1.82, 2.24) is 10.2 Å². The Hall–Kier alpha value is -2.49. The average molecular weight is 457 g/mol. The molecule has 2 atom stereocenters. The number of rotatable bonds is 9. The van der Waals surface area contributed by atoms with E-state index in [4.69, 9.17) is 0 Å². The van der Waals surface area contributed by atoms with Crippen LogP contribution in [0.4, 0.5) is 8.78 Å². The van der Waals surface area contributed by atoms with Crippen LogP contribution in [0.25, 0.3) is 0 Å². The van der Waals surface area contributed by atoms with E-state index in [0.29, 0.717) is 6.42 Å². The minimum atomic E-state index is -1.02. The van der Waals surface area contributed by atoms with Crippen LogP contribution in [-0.2, 0) is 30.5 Å². The van der Waals surface area contributed by atoms with E-state index in [9.17, 15) is 28.0 Å². The Morgan fingerprint density at radius 1 is 1.29 bits per heavy atom. The number of nitrogens with one attached hydrogen (secondary N) is 1. The van der Waals surface area contributed by atoms with Gasteiger partial charge in [0.1, 0.15) is 6.04 Å². The molecule has 0 aromatic heterocycles. The molecule has 7 nitrogen and oxygen atoms in total. The Balaban J connectivity index is 2.01. The molecule has 1 heterocycles. The highest BCUT2D eigenvalue weighted by Crippen LogP contribution is 2.25. The number of benzene rings is 1. The van der Waals surface area contributed by atoms with Gasteiger partial charge in [0.05, 0.1) is 12.9 Å². The van der Waals surface area contributed by atoms with Crippen molar-refractivity contribution in [1.29, 1.82) is 0 Å². The van der Waals surface area contributed by atoms with Gasteiger partial charge in [-0.25, -0.2) is 8.78 Å². The standard InChI is InChI=1S/C21H26F2N2O5S/c1-12(2)20(21(29)31-11-18(28)30-3)24-16(26)9-14-7-8-17(27)25(14)10-13-5-4-6-15(22)19(13)23/h4-6,12,14,20H,7-11H2,1-3H3,(H,24,26)/t14-,20?/m0/s1. The lowest BCUT2D eigenvalue weighted by atomic mass is 10.0. The van der Waals surface area contributed by atoms with E-state index in [2.05, 4.69) is 10.1 Å². The number of likely N-dealkylation sites (tertiary alicyclic amines) is 1. The van der Waals surface area contributed by atoms with Crippen molar-refractivity contribution in [2.24, 2.45) is 5.92 Å². The lowest BCUT2D eigenvalue weighted by molar-refractivity contribution is -0.137. The molecule has 1 saturated heterocycles. The van der Waals surface area contributed by atoms with Crippen molar-refractivity contribution >= 4 is 34.7 Å². The number of carbonyl (C=O) groups is 4. The topological polar surface area (TPSA) is 92.8 Å². The van der Waals surface area contributed by atoms with Crippen molar-refractivity contribution in [2.75, 3.05) is 12.9 Å². The molecule has 2 amide bonds. The summed E-state index contributed by atoms with van der Waals surface area (Å²) in [6.45, 7) is 3.39. The maximum absolute atomic E-state index is 14.0. The molecule has 1 fully saturated rings. The summed E-state index contributed by atoms with van der Waals surface area (Å²) in [5, 5.41) is 2.31. The van der Waals surface area contributed by atoms with Crippen molar-refractivity contribution in [3.8, 4) is 0 Å². The number of hydrogen-bond acceptors (Lipinski definition) is 6. The number of esters is 1. The average Bonchev–Trinajstić information content (AvgIpc) is 3.06. The van der Waals surface area contributed by atoms with E-state index in [1.807, 2.05) is 0 Å². The van der Waals surface area contributed by atoms with Gasteiger partial charge < -0.3 is 15.0 Å². The van der Waals surface area contributed by atoms with Gasteiger partial charge in [0.25, 0.3) is 0 Å². The van der Waals surface area contributed by atoms with E-state index in [-0.39, 0.29) is 47.6 Å². The third kappa shape index (κ3) is 6.75. The number of nitrogens with zero attached hydrogens (tertiary/aromatic N) is 1. The fourth-order valence-electron chi connectivity index (χ4n) is 3.30. The molecule has 1 aromatic rings. The molecule has 170 valence electrons. The molecule has 2 rings (SSSR count). The Kier molecular flexibility index (Phi) is 8.97.